The lowest BCUT2D eigenvalue weighted by Crippen LogP contribution is -2.48. The van der Waals surface area contributed by atoms with E-state index in [4.69, 9.17) is 34.8 Å². The fraction of sp³-hybridized carbons (Fsp3) is 0.222. The molecule has 0 radical (unpaired) electrons. The molecule has 1 fully saturated rings. The zero-order valence-corrected chi connectivity index (χ0v) is 17.9. The van der Waals surface area contributed by atoms with Crippen LogP contribution in [0.4, 0.5) is 0 Å². The van der Waals surface area contributed by atoms with Gasteiger partial charge in [0.25, 0.3) is 11.8 Å². The Balaban J connectivity index is 1.70. The summed E-state index contributed by atoms with van der Waals surface area (Å²) in [6.45, 7) is -0.491. The van der Waals surface area contributed by atoms with Crippen molar-refractivity contribution in [3.8, 4) is 0 Å². The first-order valence-corrected chi connectivity index (χ1v) is 11.1. The summed E-state index contributed by atoms with van der Waals surface area (Å²) in [6, 6.07) is 10.1. The monoisotopic (exact) mass is 475 g/mol. The highest BCUT2D eigenvalue weighted by Crippen LogP contribution is 2.37. The summed E-state index contributed by atoms with van der Waals surface area (Å²) in [5.74, 6) is -1.27. The first-order valence-electron chi connectivity index (χ1n) is 8.51. The predicted molar refractivity (Wildman–Crippen MR) is 110 cm³/mol. The van der Waals surface area contributed by atoms with Gasteiger partial charge in [-0.2, -0.15) is 4.31 Å². The van der Waals surface area contributed by atoms with Gasteiger partial charge in [-0.05, 0) is 49.2 Å². The molecular formula is C18H16Cl3N3O4S. The van der Waals surface area contributed by atoms with Gasteiger partial charge in [-0.1, -0.05) is 40.9 Å². The van der Waals surface area contributed by atoms with Crippen molar-refractivity contribution in [1.29, 1.82) is 0 Å². The number of rotatable bonds is 6. The van der Waals surface area contributed by atoms with Gasteiger partial charge in [0.1, 0.15) is 4.90 Å². The number of carbonyl (C=O) groups excluding carboxylic acids is 2. The Kier molecular flexibility index (Phi) is 6.70. The van der Waals surface area contributed by atoms with Crippen LogP contribution >= 0.6 is 34.8 Å². The Morgan fingerprint density at radius 3 is 2.10 bits per heavy atom. The zero-order valence-electron chi connectivity index (χ0n) is 14.9. The molecule has 0 atom stereocenters. The molecule has 1 aliphatic carbocycles. The van der Waals surface area contributed by atoms with Crippen LogP contribution in [0.5, 0.6) is 0 Å². The highest BCUT2D eigenvalue weighted by molar-refractivity contribution is 7.89. The number of benzene rings is 2. The van der Waals surface area contributed by atoms with Crippen molar-refractivity contribution in [1.82, 2.24) is 15.2 Å². The third kappa shape index (κ3) is 5.21. The fourth-order valence-corrected chi connectivity index (χ4v) is 5.46. The molecule has 1 aliphatic rings. The number of hydrogen-bond donors (Lipinski definition) is 2. The summed E-state index contributed by atoms with van der Waals surface area (Å²) in [7, 11) is -4.11. The summed E-state index contributed by atoms with van der Waals surface area (Å²) >= 11 is 17.9. The standard InChI is InChI=1S/C18H16Cl3N3O4S/c19-12-6-4-11(5-7-12)18(26)23-22-16(25)10-24(13-8-9-13)29(27,28)17-14(20)2-1-3-15(17)21/h1-7,13H,8-10H2,(H,22,25)(H,23,26). The van der Waals surface area contributed by atoms with Crippen molar-refractivity contribution in [3.05, 3.63) is 63.1 Å². The van der Waals surface area contributed by atoms with Gasteiger partial charge in [0.05, 0.1) is 16.6 Å². The summed E-state index contributed by atoms with van der Waals surface area (Å²) in [4.78, 5) is 24.1. The van der Waals surface area contributed by atoms with Crippen LogP contribution in [-0.2, 0) is 14.8 Å². The van der Waals surface area contributed by atoms with E-state index in [2.05, 4.69) is 10.9 Å². The van der Waals surface area contributed by atoms with Gasteiger partial charge in [-0.3, -0.25) is 20.4 Å². The number of nitrogens with zero attached hydrogens (tertiary/aromatic N) is 1. The third-order valence-corrected chi connectivity index (χ3v) is 7.27. The maximum atomic E-state index is 13.1. The van der Waals surface area contributed by atoms with Crippen LogP contribution in [-0.4, -0.2) is 37.1 Å². The van der Waals surface area contributed by atoms with Gasteiger partial charge in [-0.15, -0.1) is 0 Å². The van der Waals surface area contributed by atoms with E-state index in [9.17, 15) is 18.0 Å². The van der Waals surface area contributed by atoms with Gasteiger partial charge in [0.2, 0.25) is 10.0 Å². The van der Waals surface area contributed by atoms with E-state index in [0.717, 1.165) is 4.31 Å². The zero-order chi connectivity index (χ0) is 21.2. The van der Waals surface area contributed by atoms with Crippen molar-refractivity contribution in [2.24, 2.45) is 0 Å². The lowest BCUT2D eigenvalue weighted by Gasteiger charge is -2.22. The Morgan fingerprint density at radius 1 is 0.966 bits per heavy atom. The molecule has 3 rings (SSSR count). The number of hydrogen-bond acceptors (Lipinski definition) is 4. The molecule has 154 valence electrons. The molecule has 2 amide bonds. The molecule has 2 aromatic rings. The molecular weight excluding hydrogens is 461 g/mol. The van der Waals surface area contributed by atoms with E-state index in [1.165, 1.54) is 42.5 Å². The highest BCUT2D eigenvalue weighted by Gasteiger charge is 2.41. The molecule has 0 aliphatic heterocycles. The lowest BCUT2D eigenvalue weighted by atomic mass is 10.2. The average molecular weight is 477 g/mol. The molecule has 0 aromatic heterocycles. The third-order valence-electron chi connectivity index (χ3n) is 4.16. The summed E-state index contributed by atoms with van der Waals surface area (Å²) < 4.78 is 27.2. The van der Waals surface area contributed by atoms with Gasteiger partial charge in [0.15, 0.2) is 0 Å². The van der Waals surface area contributed by atoms with Crippen LogP contribution in [0.15, 0.2) is 47.4 Å². The Labute approximate surface area is 182 Å². The minimum absolute atomic E-state index is 0.0281. The number of amides is 2. The quantitative estimate of drug-likeness (QED) is 0.626. The summed E-state index contributed by atoms with van der Waals surface area (Å²) in [5, 5.41) is 0.410. The van der Waals surface area contributed by atoms with E-state index in [-0.39, 0.29) is 26.5 Å². The van der Waals surface area contributed by atoms with Gasteiger partial charge in [-0.25, -0.2) is 8.42 Å². The topological polar surface area (TPSA) is 95.6 Å². The lowest BCUT2D eigenvalue weighted by molar-refractivity contribution is -0.122. The van der Waals surface area contributed by atoms with Crippen molar-refractivity contribution >= 4 is 56.6 Å². The van der Waals surface area contributed by atoms with Crippen molar-refractivity contribution in [2.75, 3.05) is 6.54 Å². The van der Waals surface area contributed by atoms with Crippen LogP contribution in [0.25, 0.3) is 0 Å². The number of carbonyl (C=O) groups is 2. The molecule has 2 aromatic carbocycles. The molecule has 29 heavy (non-hydrogen) atoms. The second-order valence-corrected chi connectivity index (χ2v) is 9.42. The van der Waals surface area contributed by atoms with E-state index in [1.54, 1.807) is 0 Å². The molecule has 0 unspecified atom stereocenters. The Hall–Kier alpha value is -1.84. The largest absolute Gasteiger partial charge is 0.272 e. The summed E-state index contributed by atoms with van der Waals surface area (Å²) in [6.07, 6.45) is 1.23. The molecule has 0 saturated heterocycles. The minimum Gasteiger partial charge on any atom is -0.272 e. The summed E-state index contributed by atoms with van der Waals surface area (Å²) in [5.41, 5.74) is 4.74. The smallest absolute Gasteiger partial charge is 0.269 e. The first-order chi connectivity index (χ1) is 13.7. The van der Waals surface area contributed by atoms with E-state index in [0.29, 0.717) is 17.9 Å². The number of hydrazine groups is 1. The second-order valence-electron chi connectivity index (χ2n) is 6.34. The van der Waals surface area contributed by atoms with E-state index in [1.807, 2.05) is 0 Å². The van der Waals surface area contributed by atoms with Gasteiger partial charge < -0.3 is 0 Å². The molecule has 1 saturated carbocycles. The van der Waals surface area contributed by atoms with Crippen LogP contribution in [0, 0.1) is 0 Å². The van der Waals surface area contributed by atoms with Gasteiger partial charge in [0, 0.05) is 16.6 Å². The molecule has 0 heterocycles. The normalized spacial score (nSPS) is 13.9. The Morgan fingerprint density at radius 2 is 1.55 bits per heavy atom. The van der Waals surface area contributed by atoms with Crippen LogP contribution in [0.1, 0.15) is 23.2 Å². The maximum absolute atomic E-state index is 13.1. The molecule has 2 N–H and O–H groups in total. The molecule has 11 heteroatoms. The average Bonchev–Trinajstić information content (AvgIpc) is 3.49. The maximum Gasteiger partial charge on any atom is 0.269 e. The number of nitrogens with one attached hydrogen (secondary N) is 2. The van der Waals surface area contributed by atoms with E-state index >= 15 is 0 Å². The van der Waals surface area contributed by atoms with Crippen LogP contribution in [0.3, 0.4) is 0 Å². The number of sulfonamides is 1. The first kappa shape index (κ1) is 21.9. The van der Waals surface area contributed by atoms with Gasteiger partial charge >= 0.3 is 0 Å². The van der Waals surface area contributed by atoms with Crippen LogP contribution in [0.2, 0.25) is 15.1 Å². The predicted octanol–water partition coefficient (Wildman–Crippen LogP) is 3.26. The highest BCUT2D eigenvalue weighted by atomic mass is 35.5. The molecule has 0 bridgehead atoms. The SMILES string of the molecule is O=C(CN(C1CC1)S(=O)(=O)c1c(Cl)cccc1Cl)NNC(=O)c1ccc(Cl)cc1. The van der Waals surface area contributed by atoms with Crippen molar-refractivity contribution in [2.45, 2.75) is 23.8 Å². The molecule has 0 spiro atoms. The van der Waals surface area contributed by atoms with E-state index < -0.39 is 28.4 Å². The second kappa shape index (κ2) is 8.89. The Bertz CT molecular complexity index is 1020. The number of halogens is 3. The van der Waals surface area contributed by atoms with Crippen molar-refractivity contribution < 1.29 is 18.0 Å². The fourth-order valence-electron chi connectivity index (χ4n) is 2.60. The molecule has 7 nitrogen and oxygen atoms in total. The minimum atomic E-state index is -4.11. The van der Waals surface area contributed by atoms with Crippen molar-refractivity contribution in [3.63, 3.8) is 0 Å². The van der Waals surface area contributed by atoms with Crippen LogP contribution < -0.4 is 10.9 Å².